The Bertz CT molecular complexity index is 1210. The highest BCUT2D eigenvalue weighted by Crippen LogP contribution is 2.21. The highest BCUT2D eigenvalue weighted by atomic mass is 32.1. The van der Waals surface area contributed by atoms with E-state index in [-0.39, 0.29) is 27.8 Å². The molecule has 0 saturated carbocycles. The fraction of sp³-hybridized carbons (Fsp3) is 0.0870. The number of nitrogens with one attached hydrogen (secondary N) is 3. The monoisotopic (exact) mass is 448 g/mol. The zero-order chi connectivity index (χ0) is 23.3. The van der Waals surface area contributed by atoms with Crippen LogP contribution in [0.2, 0.25) is 0 Å². The lowest BCUT2D eigenvalue weighted by Gasteiger charge is -2.12. The van der Waals surface area contributed by atoms with Crippen molar-refractivity contribution in [1.29, 1.82) is 0 Å². The molecule has 0 aromatic heterocycles. The van der Waals surface area contributed by atoms with E-state index in [1.54, 1.807) is 36.4 Å². The van der Waals surface area contributed by atoms with E-state index >= 15 is 0 Å². The van der Waals surface area contributed by atoms with Gasteiger partial charge in [0.15, 0.2) is 5.11 Å². The molecule has 32 heavy (non-hydrogen) atoms. The first-order valence-corrected chi connectivity index (χ1v) is 10.00. The van der Waals surface area contributed by atoms with Crippen LogP contribution in [0.25, 0.3) is 0 Å². The van der Waals surface area contributed by atoms with E-state index in [1.165, 1.54) is 25.1 Å². The van der Waals surface area contributed by atoms with Crippen molar-refractivity contribution in [3.63, 3.8) is 0 Å². The molecule has 0 unspecified atom stereocenters. The van der Waals surface area contributed by atoms with E-state index in [0.29, 0.717) is 16.9 Å². The number of benzene rings is 3. The van der Waals surface area contributed by atoms with Crippen molar-refractivity contribution in [2.24, 2.45) is 0 Å². The fourth-order valence-electron chi connectivity index (χ4n) is 3.03. The van der Waals surface area contributed by atoms with Crippen molar-refractivity contribution in [1.82, 2.24) is 5.32 Å². The van der Waals surface area contributed by atoms with Crippen molar-refractivity contribution >= 4 is 46.2 Å². The molecule has 0 bridgehead atoms. The Morgan fingerprint density at radius 1 is 0.875 bits per heavy atom. The quantitative estimate of drug-likeness (QED) is 0.299. The van der Waals surface area contributed by atoms with Crippen LogP contribution in [0.15, 0.2) is 66.7 Å². The molecular weight excluding hydrogens is 428 g/mol. The minimum Gasteiger partial charge on any atom is -0.332 e. The lowest BCUT2D eigenvalue weighted by molar-refractivity contribution is -0.385. The fourth-order valence-corrected chi connectivity index (χ4v) is 3.24. The molecule has 0 aliphatic heterocycles. The van der Waals surface area contributed by atoms with Gasteiger partial charge in [-0.05, 0) is 68.5 Å². The molecule has 0 atom stereocenters. The molecule has 3 aromatic rings. The van der Waals surface area contributed by atoms with Gasteiger partial charge in [-0.25, -0.2) is 0 Å². The molecule has 0 aliphatic carbocycles. The third-order valence-electron chi connectivity index (χ3n) is 4.65. The standard InChI is InChI=1S/C23H20N4O4S/c1-14-5-3-6-16(13-14)21(28)24-17-9-11-18(12-10-17)25-23(32)26-22(29)19-7-4-8-20(15(19)2)27(30)31/h3-13H,1-2H3,(H,24,28)(H2,25,26,29,32). The number of hydrogen-bond donors (Lipinski definition) is 3. The van der Waals surface area contributed by atoms with E-state index in [2.05, 4.69) is 16.0 Å². The molecule has 0 fully saturated rings. The number of amides is 2. The predicted molar refractivity (Wildman–Crippen MR) is 127 cm³/mol. The number of carbonyl (C=O) groups excluding carboxylic acids is 2. The molecule has 8 nitrogen and oxygen atoms in total. The smallest absolute Gasteiger partial charge is 0.273 e. The van der Waals surface area contributed by atoms with E-state index in [9.17, 15) is 19.7 Å². The Hall–Kier alpha value is -4.11. The first-order chi connectivity index (χ1) is 15.2. The summed E-state index contributed by atoms with van der Waals surface area (Å²) in [4.78, 5) is 35.3. The largest absolute Gasteiger partial charge is 0.332 e. The van der Waals surface area contributed by atoms with Gasteiger partial charge in [-0.2, -0.15) is 0 Å². The van der Waals surface area contributed by atoms with Crippen LogP contribution in [-0.4, -0.2) is 21.9 Å². The Labute approximate surface area is 189 Å². The lowest BCUT2D eigenvalue weighted by atomic mass is 10.1. The normalized spacial score (nSPS) is 10.2. The molecule has 0 heterocycles. The number of nitrogens with zero attached hydrogens (tertiary/aromatic N) is 1. The molecule has 3 rings (SSSR count). The number of nitro groups is 1. The van der Waals surface area contributed by atoms with E-state index in [0.717, 1.165) is 5.56 Å². The van der Waals surface area contributed by atoms with Crippen molar-refractivity contribution in [3.05, 3.63) is 99.1 Å². The number of aryl methyl sites for hydroxylation is 1. The predicted octanol–water partition coefficient (Wildman–Crippen LogP) is 4.59. The van der Waals surface area contributed by atoms with Gasteiger partial charge < -0.3 is 10.6 Å². The summed E-state index contributed by atoms with van der Waals surface area (Å²) in [7, 11) is 0. The Balaban J connectivity index is 1.60. The van der Waals surface area contributed by atoms with Crippen molar-refractivity contribution in [3.8, 4) is 0 Å². The van der Waals surface area contributed by atoms with Gasteiger partial charge in [0.2, 0.25) is 0 Å². The SMILES string of the molecule is Cc1cccc(C(=O)Nc2ccc(NC(=S)NC(=O)c3cccc([N+](=O)[O-])c3C)cc2)c1. The van der Waals surface area contributed by atoms with Crippen LogP contribution >= 0.6 is 12.2 Å². The third-order valence-corrected chi connectivity index (χ3v) is 4.86. The van der Waals surface area contributed by atoms with Gasteiger partial charge in [0.1, 0.15) is 0 Å². The first-order valence-electron chi connectivity index (χ1n) is 9.59. The summed E-state index contributed by atoms with van der Waals surface area (Å²) in [6.07, 6.45) is 0. The Morgan fingerprint density at radius 3 is 2.12 bits per heavy atom. The van der Waals surface area contributed by atoms with E-state index in [4.69, 9.17) is 12.2 Å². The zero-order valence-electron chi connectivity index (χ0n) is 17.3. The highest BCUT2D eigenvalue weighted by Gasteiger charge is 2.18. The van der Waals surface area contributed by atoms with Crippen LogP contribution in [0, 0.1) is 24.0 Å². The van der Waals surface area contributed by atoms with Gasteiger partial charge >= 0.3 is 0 Å². The summed E-state index contributed by atoms with van der Waals surface area (Å²) in [5, 5.41) is 19.3. The average molecular weight is 449 g/mol. The average Bonchev–Trinajstić information content (AvgIpc) is 2.75. The number of carbonyl (C=O) groups is 2. The third kappa shape index (κ3) is 5.52. The van der Waals surface area contributed by atoms with Crippen molar-refractivity contribution in [2.75, 3.05) is 10.6 Å². The summed E-state index contributed by atoms with van der Waals surface area (Å²) < 4.78 is 0. The Morgan fingerprint density at radius 2 is 1.50 bits per heavy atom. The lowest BCUT2D eigenvalue weighted by Crippen LogP contribution is -2.34. The molecule has 0 spiro atoms. The maximum Gasteiger partial charge on any atom is 0.273 e. The topological polar surface area (TPSA) is 113 Å². The molecule has 0 saturated heterocycles. The van der Waals surface area contributed by atoms with Gasteiger partial charge in [-0.15, -0.1) is 0 Å². The number of nitro benzene ring substituents is 1. The minimum absolute atomic E-state index is 0.0393. The summed E-state index contributed by atoms with van der Waals surface area (Å²) >= 11 is 5.17. The second kappa shape index (κ2) is 9.80. The molecule has 162 valence electrons. The number of rotatable bonds is 5. The highest BCUT2D eigenvalue weighted by molar-refractivity contribution is 7.80. The van der Waals surface area contributed by atoms with Crippen LogP contribution in [0.4, 0.5) is 17.1 Å². The van der Waals surface area contributed by atoms with Crippen LogP contribution in [0.1, 0.15) is 31.8 Å². The summed E-state index contributed by atoms with van der Waals surface area (Å²) in [5.74, 6) is -0.768. The summed E-state index contributed by atoms with van der Waals surface area (Å²) in [5.41, 5.74) is 3.04. The summed E-state index contributed by atoms with van der Waals surface area (Å²) in [6, 6.07) is 18.3. The zero-order valence-corrected chi connectivity index (χ0v) is 18.2. The number of thiocarbonyl (C=S) groups is 1. The van der Waals surface area contributed by atoms with Gasteiger partial charge in [0.25, 0.3) is 17.5 Å². The van der Waals surface area contributed by atoms with Crippen LogP contribution in [0.5, 0.6) is 0 Å². The molecule has 3 N–H and O–H groups in total. The second-order valence-electron chi connectivity index (χ2n) is 7.02. The van der Waals surface area contributed by atoms with Crippen molar-refractivity contribution in [2.45, 2.75) is 13.8 Å². The van der Waals surface area contributed by atoms with Gasteiger partial charge in [-0.1, -0.05) is 23.8 Å². The van der Waals surface area contributed by atoms with Gasteiger partial charge in [0.05, 0.1) is 4.92 Å². The van der Waals surface area contributed by atoms with Crippen LogP contribution in [0.3, 0.4) is 0 Å². The van der Waals surface area contributed by atoms with Crippen molar-refractivity contribution < 1.29 is 14.5 Å². The maximum atomic E-state index is 12.5. The molecular formula is C23H20N4O4S. The molecule has 2 amide bonds. The molecule has 3 aromatic carbocycles. The van der Waals surface area contributed by atoms with E-state index in [1.807, 2.05) is 19.1 Å². The maximum absolute atomic E-state index is 12.5. The Kier molecular flexibility index (Phi) is 6.91. The van der Waals surface area contributed by atoms with E-state index < -0.39 is 10.8 Å². The molecule has 0 aliphatic rings. The summed E-state index contributed by atoms with van der Waals surface area (Å²) in [6.45, 7) is 3.42. The van der Waals surface area contributed by atoms with Gasteiger partial charge in [0, 0.05) is 34.1 Å². The van der Waals surface area contributed by atoms with Gasteiger partial charge in [-0.3, -0.25) is 25.0 Å². The number of hydrogen-bond acceptors (Lipinski definition) is 5. The second-order valence-corrected chi connectivity index (χ2v) is 7.42. The van der Waals surface area contributed by atoms with Crippen LogP contribution < -0.4 is 16.0 Å². The van der Waals surface area contributed by atoms with Crippen LogP contribution in [-0.2, 0) is 0 Å². The first kappa shape index (κ1) is 22.6. The molecule has 9 heteroatoms. The minimum atomic E-state index is -0.550. The number of anilines is 2. The molecule has 0 radical (unpaired) electrons.